The fourth-order valence-corrected chi connectivity index (χ4v) is 0. The fraction of sp³-hybridized carbons (Fsp3) is 0.600. The molecule has 0 radical (unpaired) electrons. The number of aliphatic carboxylic acids is 2. The van der Waals surface area contributed by atoms with Gasteiger partial charge in [0.1, 0.15) is 0 Å². The van der Waals surface area contributed by atoms with E-state index in [1.54, 1.807) is 0 Å². The number of halogens is 2. The second-order valence-corrected chi connectivity index (χ2v) is 1.92. The van der Waals surface area contributed by atoms with Crippen LogP contribution in [0.25, 0.3) is 0 Å². The van der Waals surface area contributed by atoms with Gasteiger partial charge in [0.25, 0.3) is 5.97 Å². The third-order valence-electron chi connectivity index (χ3n) is 0. The fourth-order valence-electron chi connectivity index (χ4n) is 0. The Labute approximate surface area is 74.7 Å². The summed E-state index contributed by atoms with van der Waals surface area (Å²) in [5.74, 6) is -1.92. The Morgan fingerprint density at radius 2 is 1.36 bits per heavy atom. The highest BCUT2D eigenvalue weighted by Gasteiger charge is 1.65. The summed E-state index contributed by atoms with van der Waals surface area (Å²) in [7, 11) is 0. The Bertz CT molecular complexity index is 84.7. The lowest BCUT2D eigenvalue weighted by Crippen LogP contribution is -2.16. The number of carbonyl (C=O) groups is 2. The first-order chi connectivity index (χ1) is 4.88. The van der Waals surface area contributed by atoms with E-state index in [0.29, 0.717) is 0 Å². The molecule has 1 N–H and O–H groups in total. The Morgan fingerprint density at radius 1 is 1.36 bits per heavy atom. The highest BCUT2D eigenvalue weighted by atomic mass is 35.5. The Hall–Kier alpha value is -0.480. The van der Waals surface area contributed by atoms with E-state index in [-0.39, 0.29) is 5.34 Å². The first-order valence-corrected chi connectivity index (χ1v) is 3.44. The Kier molecular flexibility index (Phi) is 24.9. The predicted octanol–water partition coefficient (Wildman–Crippen LogP) is 0.269. The van der Waals surface area contributed by atoms with Gasteiger partial charge in [-0.3, -0.25) is 4.79 Å². The number of hydrogen-bond donors (Lipinski definition) is 1. The number of carboxylic acids is 2. The monoisotopic (exact) mass is 203 g/mol. The van der Waals surface area contributed by atoms with Crippen LogP contribution in [0.4, 0.5) is 0 Å². The third-order valence-corrected chi connectivity index (χ3v) is 0. The maximum absolute atomic E-state index is 9.00. The van der Waals surface area contributed by atoms with Crippen LogP contribution in [0.1, 0.15) is 13.8 Å². The molecule has 0 saturated heterocycles. The van der Waals surface area contributed by atoms with Gasteiger partial charge in [-0.2, -0.15) is 0 Å². The van der Waals surface area contributed by atoms with Crippen LogP contribution in [-0.4, -0.2) is 22.4 Å². The molecule has 11 heavy (non-hydrogen) atoms. The summed E-state index contributed by atoms with van der Waals surface area (Å²) in [5, 5.41) is 16.5. The van der Waals surface area contributed by atoms with Gasteiger partial charge in [-0.1, -0.05) is 0 Å². The molecule has 0 bridgehead atoms. The molecule has 0 aromatic carbocycles. The molecule has 4 nitrogen and oxygen atoms in total. The molecule has 0 amide bonds. The van der Waals surface area contributed by atoms with E-state index in [1.165, 1.54) is 0 Å². The van der Waals surface area contributed by atoms with Crippen LogP contribution in [0, 0.1) is 0 Å². The molecule has 0 aromatic rings. The minimum absolute atomic E-state index is 0.194. The van der Waals surface area contributed by atoms with Gasteiger partial charge in [0, 0.05) is 12.9 Å². The van der Waals surface area contributed by atoms with Gasteiger partial charge in [-0.25, -0.2) is 0 Å². The number of alkyl halides is 2. The smallest absolute Gasteiger partial charge is 0.300 e. The summed E-state index contributed by atoms with van der Waals surface area (Å²) in [6.07, 6.45) is 0. The van der Waals surface area contributed by atoms with Gasteiger partial charge in [0.05, 0.1) is 5.34 Å². The second kappa shape index (κ2) is 16.3. The van der Waals surface area contributed by atoms with Crippen molar-refractivity contribution in [2.24, 2.45) is 0 Å². The summed E-state index contributed by atoms with van der Waals surface area (Å²) in [6.45, 7) is 2.06. The first kappa shape index (κ1) is 16.9. The standard InChI is InChI=1S/2C2H4O2.CH2Cl2/c2*1-2(3)4;2-1-3/h2*1H3,(H,3,4);1H2/p-1. The summed E-state index contributed by atoms with van der Waals surface area (Å²) in [4.78, 5) is 17.9. The maximum Gasteiger partial charge on any atom is 0.300 e. The molecule has 0 unspecified atom stereocenters. The van der Waals surface area contributed by atoms with Crippen LogP contribution in [-0.2, 0) is 9.59 Å². The molecule has 0 heterocycles. The molecular formula is C5H9Cl2O4-. The van der Waals surface area contributed by atoms with E-state index in [9.17, 15) is 0 Å². The van der Waals surface area contributed by atoms with Crippen molar-refractivity contribution >= 4 is 35.1 Å². The van der Waals surface area contributed by atoms with Gasteiger partial charge >= 0.3 is 0 Å². The zero-order valence-corrected chi connectivity index (χ0v) is 7.65. The SMILES string of the molecule is CC(=O)O.CC(=O)[O-].ClCCl. The minimum atomic E-state index is -1.08. The molecule has 0 aliphatic heterocycles. The molecule has 0 saturated carbocycles. The molecular weight excluding hydrogens is 195 g/mol. The van der Waals surface area contributed by atoms with Gasteiger partial charge in [0.15, 0.2) is 0 Å². The largest absolute Gasteiger partial charge is 0.550 e. The van der Waals surface area contributed by atoms with Crippen molar-refractivity contribution in [2.45, 2.75) is 13.8 Å². The molecule has 0 atom stereocenters. The van der Waals surface area contributed by atoms with Gasteiger partial charge < -0.3 is 15.0 Å². The number of carbonyl (C=O) groups excluding carboxylic acids is 1. The van der Waals surface area contributed by atoms with Crippen molar-refractivity contribution in [1.29, 1.82) is 0 Å². The van der Waals surface area contributed by atoms with Crippen molar-refractivity contribution in [3.63, 3.8) is 0 Å². The summed E-state index contributed by atoms with van der Waals surface area (Å²) < 4.78 is 0. The van der Waals surface area contributed by atoms with Crippen LogP contribution in [0.3, 0.4) is 0 Å². The molecule has 0 spiro atoms. The Balaban J connectivity index is -0.0000000886. The van der Waals surface area contributed by atoms with Crippen LogP contribution in [0.5, 0.6) is 0 Å². The lowest BCUT2D eigenvalue weighted by Gasteiger charge is -1.77. The second-order valence-electron chi connectivity index (χ2n) is 1.11. The van der Waals surface area contributed by atoms with E-state index in [1.807, 2.05) is 0 Å². The van der Waals surface area contributed by atoms with Gasteiger partial charge in [-0.05, 0) is 6.92 Å². The van der Waals surface area contributed by atoms with Crippen LogP contribution >= 0.6 is 23.2 Å². The van der Waals surface area contributed by atoms with Crippen molar-refractivity contribution in [1.82, 2.24) is 0 Å². The molecule has 68 valence electrons. The number of carboxylic acid groups (broad SMARTS) is 2. The van der Waals surface area contributed by atoms with Crippen LogP contribution in [0.2, 0.25) is 0 Å². The lowest BCUT2D eigenvalue weighted by molar-refractivity contribution is -0.302. The average molecular weight is 204 g/mol. The lowest BCUT2D eigenvalue weighted by atomic mass is 10.9. The van der Waals surface area contributed by atoms with E-state index in [0.717, 1.165) is 13.8 Å². The van der Waals surface area contributed by atoms with Crippen molar-refractivity contribution in [3.05, 3.63) is 0 Å². The minimum Gasteiger partial charge on any atom is -0.550 e. The van der Waals surface area contributed by atoms with Crippen molar-refractivity contribution in [2.75, 3.05) is 5.34 Å². The normalized spacial score (nSPS) is 6.18. The predicted molar refractivity (Wildman–Crippen MR) is 40.6 cm³/mol. The maximum atomic E-state index is 9.00. The zero-order chi connectivity index (χ0) is 9.86. The van der Waals surface area contributed by atoms with Crippen molar-refractivity contribution in [3.8, 4) is 0 Å². The molecule has 0 rings (SSSR count). The summed E-state index contributed by atoms with van der Waals surface area (Å²) in [6, 6.07) is 0. The quantitative estimate of drug-likeness (QED) is 0.574. The van der Waals surface area contributed by atoms with Crippen LogP contribution < -0.4 is 5.11 Å². The molecule has 0 aliphatic rings. The van der Waals surface area contributed by atoms with Gasteiger partial charge in [0.2, 0.25) is 0 Å². The topological polar surface area (TPSA) is 77.4 Å². The van der Waals surface area contributed by atoms with E-state index in [4.69, 9.17) is 43.0 Å². The highest BCUT2D eigenvalue weighted by molar-refractivity contribution is 6.40. The number of rotatable bonds is 0. The molecule has 0 fully saturated rings. The molecule has 0 aliphatic carbocycles. The van der Waals surface area contributed by atoms with Gasteiger partial charge in [-0.15, -0.1) is 23.2 Å². The average Bonchev–Trinajstić information content (AvgIpc) is 1.60. The zero-order valence-electron chi connectivity index (χ0n) is 6.13. The van der Waals surface area contributed by atoms with E-state index in [2.05, 4.69) is 0 Å². The van der Waals surface area contributed by atoms with Crippen molar-refractivity contribution < 1.29 is 19.8 Å². The number of hydrogen-bond acceptors (Lipinski definition) is 3. The summed E-state index contributed by atoms with van der Waals surface area (Å²) >= 11 is 9.53. The molecule has 0 aromatic heterocycles. The molecule has 6 heteroatoms. The van der Waals surface area contributed by atoms with Crippen LogP contribution in [0.15, 0.2) is 0 Å². The summed E-state index contributed by atoms with van der Waals surface area (Å²) in [5.41, 5.74) is 0. The first-order valence-electron chi connectivity index (χ1n) is 2.37. The highest BCUT2D eigenvalue weighted by Crippen LogP contribution is 1.73. The Morgan fingerprint density at radius 3 is 1.36 bits per heavy atom. The van der Waals surface area contributed by atoms with E-state index >= 15 is 0 Å². The van der Waals surface area contributed by atoms with E-state index < -0.39 is 11.9 Å². The third kappa shape index (κ3) is 2340.